The molecule has 3 aromatic carbocycles. The number of ether oxygens (including phenoxy) is 1. The molecular weight excluding hydrogens is 448 g/mol. The predicted molar refractivity (Wildman–Crippen MR) is 137 cm³/mol. The maximum Gasteiger partial charge on any atom is 0.189 e. The summed E-state index contributed by atoms with van der Waals surface area (Å²) in [6, 6.07) is 21.3. The molecule has 0 amide bonds. The number of hydrogen-bond acceptors (Lipinski definition) is 5. The zero-order valence-electron chi connectivity index (χ0n) is 19.2. The fraction of sp³-hybridized carbons (Fsp3) is 0.250. The van der Waals surface area contributed by atoms with E-state index in [2.05, 4.69) is 34.5 Å². The minimum absolute atomic E-state index is 0.0258. The van der Waals surface area contributed by atoms with Crippen molar-refractivity contribution in [1.29, 1.82) is 0 Å². The molecule has 1 fully saturated rings. The zero-order chi connectivity index (χ0) is 23.9. The van der Waals surface area contributed by atoms with Crippen LogP contribution in [0.25, 0.3) is 6.08 Å². The Bertz CT molecular complexity index is 1150. The number of allylic oxidation sites excluding steroid dienone is 1. The van der Waals surface area contributed by atoms with E-state index in [0.29, 0.717) is 22.9 Å². The number of halogens is 1. The van der Waals surface area contributed by atoms with Gasteiger partial charge < -0.3 is 15.2 Å². The number of nitrogens with one attached hydrogen (secondary N) is 1. The SMILES string of the molecule is COc1ccc(C(=O)/C=C/c2ccc(Cl)cc2)c(O)c1CN1CCNCC1Cc1ccccc1. The van der Waals surface area contributed by atoms with Gasteiger partial charge in [-0.15, -0.1) is 0 Å². The summed E-state index contributed by atoms with van der Waals surface area (Å²) in [6.45, 7) is 3.07. The lowest BCUT2D eigenvalue weighted by Gasteiger charge is -2.37. The van der Waals surface area contributed by atoms with Gasteiger partial charge in [-0.25, -0.2) is 0 Å². The van der Waals surface area contributed by atoms with Gasteiger partial charge in [0.25, 0.3) is 0 Å². The molecule has 0 spiro atoms. The van der Waals surface area contributed by atoms with Crippen molar-refractivity contribution in [3.8, 4) is 11.5 Å². The second-order valence-corrected chi connectivity index (χ2v) is 8.85. The molecule has 1 atom stereocenters. The normalized spacial score (nSPS) is 16.6. The van der Waals surface area contributed by atoms with E-state index >= 15 is 0 Å². The first-order valence-electron chi connectivity index (χ1n) is 11.4. The Balaban J connectivity index is 1.56. The number of carbonyl (C=O) groups excluding carboxylic acids is 1. The summed E-state index contributed by atoms with van der Waals surface area (Å²) in [7, 11) is 1.58. The van der Waals surface area contributed by atoms with Crippen molar-refractivity contribution in [2.75, 3.05) is 26.7 Å². The molecule has 1 aliphatic rings. The number of phenols is 1. The first-order valence-corrected chi connectivity index (χ1v) is 11.8. The number of aromatic hydroxyl groups is 1. The number of phenolic OH excluding ortho intramolecular Hbond substituents is 1. The third kappa shape index (κ3) is 5.86. The number of piperazine rings is 1. The summed E-state index contributed by atoms with van der Waals surface area (Å²) >= 11 is 5.93. The van der Waals surface area contributed by atoms with Gasteiger partial charge in [-0.3, -0.25) is 9.69 Å². The number of hydrogen-bond donors (Lipinski definition) is 2. The Hall–Kier alpha value is -3.12. The third-order valence-electron chi connectivity index (χ3n) is 6.17. The second kappa shape index (κ2) is 11.3. The maximum atomic E-state index is 12.9. The highest BCUT2D eigenvalue weighted by Gasteiger charge is 2.26. The van der Waals surface area contributed by atoms with Crippen LogP contribution in [0.2, 0.25) is 5.02 Å². The van der Waals surface area contributed by atoms with E-state index < -0.39 is 0 Å². The molecule has 0 radical (unpaired) electrons. The average molecular weight is 477 g/mol. The van der Waals surface area contributed by atoms with Gasteiger partial charge in [-0.05, 0) is 47.9 Å². The van der Waals surface area contributed by atoms with E-state index in [9.17, 15) is 9.90 Å². The van der Waals surface area contributed by atoms with Gasteiger partial charge in [0.1, 0.15) is 11.5 Å². The molecule has 176 valence electrons. The molecule has 1 saturated heterocycles. The quantitative estimate of drug-likeness (QED) is 0.355. The van der Waals surface area contributed by atoms with Gasteiger partial charge in [-0.2, -0.15) is 0 Å². The Morgan fingerprint density at radius 2 is 1.91 bits per heavy atom. The molecule has 34 heavy (non-hydrogen) atoms. The Labute approximate surface area is 205 Å². The van der Waals surface area contributed by atoms with Crippen molar-refractivity contribution in [3.05, 3.63) is 100 Å². The Kier molecular flexibility index (Phi) is 8.01. The lowest BCUT2D eigenvalue weighted by Crippen LogP contribution is -2.51. The minimum Gasteiger partial charge on any atom is -0.507 e. The lowest BCUT2D eigenvalue weighted by molar-refractivity contribution is 0.104. The van der Waals surface area contributed by atoms with E-state index in [4.69, 9.17) is 16.3 Å². The summed E-state index contributed by atoms with van der Waals surface area (Å²) in [6.07, 6.45) is 4.09. The van der Waals surface area contributed by atoms with E-state index in [0.717, 1.165) is 31.6 Å². The van der Waals surface area contributed by atoms with Gasteiger partial charge in [0, 0.05) is 37.2 Å². The molecule has 1 aliphatic heterocycles. The summed E-state index contributed by atoms with van der Waals surface area (Å²) in [4.78, 5) is 15.3. The van der Waals surface area contributed by atoms with E-state index in [1.165, 1.54) is 11.6 Å². The van der Waals surface area contributed by atoms with Crippen LogP contribution in [0.1, 0.15) is 27.0 Å². The van der Waals surface area contributed by atoms with Crippen molar-refractivity contribution in [3.63, 3.8) is 0 Å². The number of carbonyl (C=O) groups is 1. The van der Waals surface area contributed by atoms with Crippen molar-refractivity contribution in [2.24, 2.45) is 0 Å². The fourth-order valence-corrected chi connectivity index (χ4v) is 4.42. The number of methoxy groups -OCH3 is 1. The van der Waals surface area contributed by atoms with E-state index in [-0.39, 0.29) is 23.1 Å². The highest BCUT2D eigenvalue weighted by Crippen LogP contribution is 2.34. The summed E-state index contributed by atoms with van der Waals surface area (Å²) in [5.74, 6) is 0.285. The monoisotopic (exact) mass is 476 g/mol. The minimum atomic E-state index is -0.266. The highest BCUT2D eigenvalue weighted by atomic mass is 35.5. The van der Waals surface area contributed by atoms with Crippen LogP contribution in [-0.4, -0.2) is 48.6 Å². The van der Waals surface area contributed by atoms with Crippen molar-refractivity contribution in [2.45, 2.75) is 19.0 Å². The van der Waals surface area contributed by atoms with Crippen LogP contribution in [0, 0.1) is 0 Å². The third-order valence-corrected chi connectivity index (χ3v) is 6.42. The molecule has 4 rings (SSSR count). The standard InChI is InChI=1S/C28H29ClN2O3/c1-34-27-14-12-24(26(32)13-9-20-7-10-22(29)11-8-20)28(33)25(27)19-31-16-15-30-18-23(31)17-21-5-3-2-4-6-21/h2-14,23,30,33H,15-19H2,1H3/b13-9+. The molecule has 1 unspecified atom stereocenters. The molecular formula is C28H29ClN2O3. The Morgan fingerprint density at radius 3 is 2.65 bits per heavy atom. The molecule has 5 nitrogen and oxygen atoms in total. The molecule has 0 aromatic heterocycles. The van der Waals surface area contributed by atoms with Crippen LogP contribution >= 0.6 is 11.6 Å². The highest BCUT2D eigenvalue weighted by molar-refractivity contribution is 6.30. The van der Waals surface area contributed by atoms with Gasteiger partial charge >= 0.3 is 0 Å². The van der Waals surface area contributed by atoms with Crippen LogP contribution in [0.5, 0.6) is 11.5 Å². The average Bonchev–Trinajstić information content (AvgIpc) is 2.86. The van der Waals surface area contributed by atoms with E-state index in [1.54, 1.807) is 37.5 Å². The van der Waals surface area contributed by atoms with Crippen molar-refractivity contribution >= 4 is 23.5 Å². The predicted octanol–water partition coefficient (Wildman–Crippen LogP) is 4.97. The molecule has 0 aliphatic carbocycles. The molecule has 3 aromatic rings. The van der Waals surface area contributed by atoms with Crippen LogP contribution in [-0.2, 0) is 13.0 Å². The summed E-state index contributed by atoms with van der Waals surface area (Å²) < 4.78 is 5.55. The summed E-state index contributed by atoms with van der Waals surface area (Å²) in [5.41, 5.74) is 3.02. The molecule has 0 bridgehead atoms. The largest absolute Gasteiger partial charge is 0.507 e. The fourth-order valence-electron chi connectivity index (χ4n) is 4.30. The molecule has 1 heterocycles. The van der Waals surface area contributed by atoms with Gasteiger partial charge in [0.05, 0.1) is 18.2 Å². The Morgan fingerprint density at radius 1 is 1.15 bits per heavy atom. The number of nitrogens with zero attached hydrogens (tertiary/aromatic N) is 1. The van der Waals surface area contributed by atoms with Gasteiger partial charge in [-0.1, -0.05) is 60.1 Å². The molecule has 0 saturated carbocycles. The van der Waals surface area contributed by atoms with Gasteiger partial charge in [0.2, 0.25) is 0 Å². The lowest BCUT2D eigenvalue weighted by atomic mass is 9.99. The number of ketones is 1. The second-order valence-electron chi connectivity index (χ2n) is 8.41. The molecule has 6 heteroatoms. The topological polar surface area (TPSA) is 61.8 Å². The van der Waals surface area contributed by atoms with Crippen LogP contribution in [0.15, 0.2) is 72.8 Å². The van der Waals surface area contributed by atoms with Crippen LogP contribution in [0.4, 0.5) is 0 Å². The van der Waals surface area contributed by atoms with Gasteiger partial charge in [0.15, 0.2) is 5.78 Å². The maximum absolute atomic E-state index is 12.9. The first-order chi connectivity index (χ1) is 16.5. The zero-order valence-corrected chi connectivity index (χ0v) is 20.0. The number of benzene rings is 3. The smallest absolute Gasteiger partial charge is 0.189 e. The first kappa shape index (κ1) is 24.0. The molecule has 2 N–H and O–H groups in total. The summed E-state index contributed by atoms with van der Waals surface area (Å²) in [5, 5.41) is 15.2. The van der Waals surface area contributed by atoms with Crippen molar-refractivity contribution < 1.29 is 14.6 Å². The van der Waals surface area contributed by atoms with E-state index in [1.807, 2.05) is 18.2 Å². The van der Waals surface area contributed by atoms with Crippen molar-refractivity contribution in [1.82, 2.24) is 10.2 Å². The number of rotatable bonds is 8. The van der Waals surface area contributed by atoms with Crippen LogP contribution in [0.3, 0.4) is 0 Å². The van der Waals surface area contributed by atoms with Crippen LogP contribution < -0.4 is 10.1 Å².